The topological polar surface area (TPSA) is 42.9 Å². The molecule has 0 aliphatic carbocycles. The quantitative estimate of drug-likeness (QED) is 0.169. The molecule has 3 heterocycles. The van der Waals surface area contributed by atoms with Crippen LogP contribution in [0.2, 0.25) is 0 Å². The molecule has 254 valence electrons. The van der Waals surface area contributed by atoms with Crippen LogP contribution in [0.3, 0.4) is 0 Å². The Balaban J connectivity index is 1.18. The molecule has 0 radical (unpaired) electrons. The Kier molecular flexibility index (Phi) is 6.61. The van der Waals surface area contributed by atoms with E-state index < -0.39 is 0 Å². The summed E-state index contributed by atoms with van der Waals surface area (Å²) in [6, 6.07) is 63.7. The van der Waals surface area contributed by atoms with Crippen molar-refractivity contribution in [2.75, 3.05) is 0 Å². The molecule has 0 aliphatic rings. The molecule has 0 fully saturated rings. The number of rotatable bonds is 4. The van der Waals surface area contributed by atoms with Gasteiger partial charge in [0.15, 0.2) is 5.69 Å². The maximum absolute atomic E-state index is 10.7. The molecular weight excluding hydrogens is 671 g/mol. The van der Waals surface area contributed by atoms with Crippen molar-refractivity contribution in [3.8, 4) is 34.3 Å². The lowest BCUT2D eigenvalue weighted by Gasteiger charge is -2.17. The van der Waals surface area contributed by atoms with Crippen molar-refractivity contribution in [2.45, 2.75) is 0 Å². The van der Waals surface area contributed by atoms with E-state index in [0.717, 1.165) is 82.8 Å². The molecule has 0 N–H and O–H groups in total. The normalized spacial score (nSPS) is 11.6. The number of aromatic nitrogens is 3. The maximum Gasteiger partial charge on any atom is 0.189 e. The first-order valence-corrected chi connectivity index (χ1v) is 18.3. The van der Waals surface area contributed by atoms with Gasteiger partial charge in [-0.1, -0.05) is 115 Å². The summed E-state index contributed by atoms with van der Waals surface area (Å²) in [6.45, 7) is 7.76. The number of nitrogens with zero attached hydrogens (tertiary/aromatic N) is 5. The first-order valence-electron chi connectivity index (χ1n) is 18.3. The predicted octanol–water partition coefficient (Wildman–Crippen LogP) is 13.1. The third-order valence-corrected chi connectivity index (χ3v) is 11.1. The molecule has 0 unspecified atom stereocenters. The molecule has 11 rings (SSSR count). The number of nitriles is 1. The number of para-hydroxylation sites is 5. The Hall–Kier alpha value is -7.86. The van der Waals surface area contributed by atoms with Crippen LogP contribution in [-0.4, -0.2) is 13.7 Å². The van der Waals surface area contributed by atoms with Crippen molar-refractivity contribution in [1.82, 2.24) is 13.7 Å². The summed E-state index contributed by atoms with van der Waals surface area (Å²) >= 11 is 0. The molecule has 5 nitrogen and oxygen atoms in total. The second kappa shape index (κ2) is 11.8. The van der Waals surface area contributed by atoms with Gasteiger partial charge in [-0.2, -0.15) is 5.26 Å². The summed E-state index contributed by atoms with van der Waals surface area (Å²) in [5.41, 5.74) is 12.5. The fourth-order valence-corrected chi connectivity index (χ4v) is 8.74. The van der Waals surface area contributed by atoms with Crippen LogP contribution in [0, 0.1) is 17.9 Å². The highest BCUT2D eigenvalue weighted by molar-refractivity contribution is 6.13. The molecule has 0 aliphatic heterocycles. The first kappa shape index (κ1) is 30.7. The molecular formula is C50H29N5. The fraction of sp³-hybridized carbons (Fsp3) is 0. The van der Waals surface area contributed by atoms with E-state index in [-0.39, 0.29) is 0 Å². The van der Waals surface area contributed by atoms with Gasteiger partial charge in [0, 0.05) is 49.1 Å². The zero-order valence-electron chi connectivity index (χ0n) is 29.5. The number of benzene rings is 8. The van der Waals surface area contributed by atoms with Gasteiger partial charge >= 0.3 is 0 Å². The van der Waals surface area contributed by atoms with Crippen LogP contribution in [0.15, 0.2) is 176 Å². The lowest BCUT2D eigenvalue weighted by atomic mass is 10.00. The second-order valence-electron chi connectivity index (χ2n) is 14.0. The van der Waals surface area contributed by atoms with Gasteiger partial charge in [0.2, 0.25) is 0 Å². The summed E-state index contributed by atoms with van der Waals surface area (Å²) in [5.74, 6) is 0. The van der Waals surface area contributed by atoms with E-state index in [2.05, 4.69) is 182 Å². The lowest BCUT2D eigenvalue weighted by Crippen LogP contribution is -2.01. The zero-order chi connectivity index (χ0) is 36.6. The average molecular weight is 700 g/mol. The molecule has 0 saturated heterocycles. The largest absolute Gasteiger partial charge is 0.310 e. The summed E-state index contributed by atoms with van der Waals surface area (Å²) in [7, 11) is 0. The summed E-state index contributed by atoms with van der Waals surface area (Å²) in [5, 5.41) is 17.6. The van der Waals surface area contributed by atoms with E-state index in [1.54, 1.807) is 0 Å². The summed E-state index contributed by atoms with van der Waals surface area (Å²) in [6.07, 6.45) is 0. The van der Waals surface area contributed by atoms with Crippen LogP contribution in [0.4, 0.5) is 5.69 Å². The number of hydrogen-bond acceptors (Lipinski definition) is 1. The molecule has 0 spiro atoms. The minimum Gasteiger partial charge on any atom is -0.310 e. The molecule has 0 saturated carbocycles. The average Bonchev–Trinajstić information content (AvgIpc) is 3.88. The van der Waals surface area contributed by atoms with Crippen molar-refractivity contribution in [1.29, 1.82) is 5.26 Å². The SMILES string of the molecule is [C-]#[N+]c1ccc2c3ccccc3n(-c3ccccc3-c3ccc(C#N)c(-n4c5ccccc5c5ccc(-n6c7ccccc7c7ccccc76)cc54)c3)c2c1. The molecule has 0 amide bonds. The number of fused-ring (bicyclic) bond motifs is 9. The molecule has 11 aromatic rings. The van der Waals surface area contributed by atoms with Crippen LogP contribution in [0.1, 0.15) is 5.56 Å². The summed E-state index contributed by atoms with van der Waals surface area (Å²) < 4.78 is 6.87. The van der Waals surface area contributed by atoms with Crippen molar-refractivity contribution in [3.63, 3.8) is 0 Å². The molecule has 0 bridgehead atoms. The molecule has 0 atom stereocenters. The van der Waals surface area contributed by atoms with Gasteiger partial charge in [0.05, 0.1) is 51.1 Å². The predicted molar refractivity (Wildman–Crippen MR) is 226 cm³/mol. The van der Waals surface area contributed by atoms with Gasteiger partial charge < -0.3 is 13.7 Å². The van der Waals surface area contributed by atoms with Gasteiger partial charge in [-0.3, -0.25) is 0 Å². The van der Waals surface area contributed by atoms with Crippen LogP contribution in [-0.2, 0) is 0 Å². The third kappa shape index (κ3) is 4.45. The second-order valence-corrected chi connectivity index (χ2v) is 14.0. The Morgan fingerprint density at radius 2 is 0.909 bits per heavy atom. The minimum atomic E-state index is 0.588. The van der Waals surface area contributed by atoms with E-state index in [0.29, 0.717) is 11.3 Å². The molecule has 8 aromatic carbocycles. The van der Waals surface area contributed by atoms with E-state index in [1.165, 1.54) is 10.8 Å². The van der Waals surface area contributed by atoms with Crippen LogP contribution < -0.4 is 0 Å². The summed E-state index contributed by atoms with van der Waals surface area (Å²) in [4.78, 5) is 3.77. The zero-order valence-corrected chi connectivity index (χ0v) is 29.5. The minimum absolute atomic E-state index is 0.588. The smallest absolute Gasteiger partial charge is 0.189 e. The van der Waals surface area contributed by atoms with E-state index in [1.807, 2.05) is 18.2 Å². The van der Waals surface area contributed by atoms with Gasteiger partial charge in [0.25, 0.3) is 0 Å². The molecule has 3 aromatic heterocycles. The van der Waals surface area contributed by atoms with Gasteiger partial charge in [-0.15, -0.1) is 0 Å². The Morgan fingerprint density at radius 1 is 0.418 bits per heavy atom. The van der Waals surface area contributed by atoms with E-state index in [9.17, 15) is 5.26 Å². The van der Waals surface area contributed by atoms with Crippen molar-refractivity contribution < 1.29 is 0 Å². The molecule has 5 heteroatoms. The van der Waals surface area contributed by atoms with Crippen LogP contribution in [0.5, 0.6) is 0 Å². The number of hydrogen-bond donors (Lipinski definition) is 0. The highest BCUT2D eigenvalue weighted by atomic mass is 15.0. The first-order chi connectivity index (χ1) is 27.2. The lowest BCUT2D eigenvalue weighted by molar-refractivity contribution is 1.15. The van der Waals surface area contributed by atoms with Crippen molar-refractivity contribution >= 4 is 71.1 Å². The van der Waals surface area contributed by atoms with Crippen LogP contribution >= 0.6 is 0 Å². The monoisotopic (exact) mass is 699 g/mol. The third-order valence-electron chi connectivity index (χ3n) is 11.1. The standard InChI is InChI=1S/C50H29N5/c1-52-34-24-26-41-39-15-5-10-20-46(39)54(49(41)29-34)43-17-7-2-12-36(43)32-22-23-33(31-51)48(28-32)55-47-21-11-6-16-40(47)42-27-25-35(30-50(42)55)53-44-18-8-3-13-37(44)38-14-4-9-19-45(38)53/h2-30H. The van der Waals surface area contributed by atoms with E-state index in [4.69, 9.17) is 6.57 Å². The Labute approximate surface area is 316 Å². The Bertz CT molecular complexity index is 3420. The Morgan fingerprint density at radius 3 is 1.51 bits per heavy atom. The van der Waals surface area contributed by atoms with Crippen molar-refractivity contribution in [2.24, 2.45) is 0 Å². The maximum atomic E-state index is 10.7. The highest BCUT2D eigenvalue weighted by Gasteiger charge is 2.20. The fourth-order valence-electron chi connectivity index (χ4n) is 8.74. The van der Waals surface area contributed by atoms with E-state index >= 15 is 0 Å². The van der Waals surface area contributed by atoms with Crippen molar-refractivity contribution in [3.05, 3.63) is 193 Å². The van der Waals surface area contributed by atoms with Gasteiger partial charge in [-0.05, 0) is 66.2 Å². The van der Waals surface area contributed by atoms with Gasteiger partial charge in [-0.25, -0.2) is 4.85 Å². The highest BCUT2D eigenvalue weighted by Crippen LogP contribution is 2.41. The van der Waals surface area contributed by atoms with Crippen LogP contribution in [0.25, 0.3) is 98.5 Å². The molecule has 55 heavy (non-hydrogen) atoms. The van der Waals surface area contributed by atoms with Gasteiger partial charge in [0.1, 0.15) is 6.07 Å².